The molecule has 3 amide bonds. The summed E-state index contributed by atoms with van der Waals surface area (Å²) >= 11 is 0. The normalized spacial score (nSPS) is 18.7. The van der Waals surface area contributed by atoms with Gasteiger partial charge in [-0.15, -0.1) is 5.92 Å². The number of amides is 3. The van der Waals surface area contributed by atoms with Crippen molar-refractivity contribution in [2.75, 3.05) is 13.7 Å². The van der Waals surface area contributed by atoms with E-state index in [9.17, 15) is 14.4 Å². The van der Waals surface area contributed by atoms with Gasteiger partial charge in [-0.05, 0) is 43.5 Å². The van der Waals surface area contributed by atoms with Crippen molar-refractivity contribution in [2.45, 2.75) is 44.6 Å². The average Bonchev–Trinajstić information content (AvgIpc) is 3.46. The third-order valence-electron chi connectivity index (χ3n) is 6.78. The molecular formula is C28H27N3O4. The first-order valence-electron chi connectivity index (χ1n) is 12.0. The maximum atomic E-state index is 13.3. The summed E-state index contributed by atoms with van der Waals surface area (Å²) in [4.78, 5) is 45.4. The number of rotatable bonds is 7. The quantitative estimate of drug-likeness (QED) is 0.279. The van der Waals surface area contributed by atoms with Crippen LogP contribution < -0.4 is 0 Å². The van der Waals surface area contributed by atoms with Crippen molar-refractivity contribution in [3.05, 3.63) is 71.4 Å². The molecule has 178 valence electrons. The topological polar surface area (TPSA) is 71.9 Å². The molecule has 0 fully saturated rings. The number of hydrogen-bond donors (Lipinski definition) is 0. The lowest BCUT2D eigenvalue weighted by Crippen LogP contribution is -2.42. The minimum absolute atomic E-state index is 0.250. The molecule has 1 atom stereocenters. The summed E-state index contributed by atoms with van der Waals surface area (Å²) in [6.45, 7) is 2.41. The fourth-order valence-corrected chi connectivity index (χ4v) is 5.07. The van der Waals surface area contributed by atoms with Crippen LogP contribution >= 0.6 is 0 Å². The molecule has 2 aliphatic rings. The van der Waals surface area contributed by atoms with E-state index in [2.05, 4.69) is 18.8 Å². The van der Waals surface area contributed by atoms with E-state index in [0.717, 1.165) is 29.4 Å². The van der Waals surface area contributed by atoms with Crippen LogP contribution in [0.4, 0.5) is 4.79 Å². The zero-order valence-corrected chi connectivity index (χ0v) is 19.9. The summed E-state index contributed by atoms with van der Waals surface area (Å²) in [5.41, 5.74) is 1.66. The molecule has 35 heavy (non-hydrogen) atoms. The monoisotopic (exact) mass is 469 g/mol. The van der Waals surface area contributed by atoms with E-state index >= 15 is 0 Å². The number of aromatic nitrogens is 1. The highest BCUT2D eigenvalue weighted by Crippen LogP contribution is 2.43. The summed E-state index contributed by atoms with van der Waals surface area (Å²) in [7, 11) is 1.50. The van der Waals surface area contributed by atoms with E-state index < -0.39 is 5.54 Å². The maximum absolute atomic E-state index is 13.3. The van der Waals surface area contributed by atoms with Crippen LogP contribution in [0.5, 0.6) is 0 Å². The van der Waals surface area contributed by atoms with Gasteiger partial charge in [0.05, 0.1) is 29.4 Å². The van der Waals surface area contributed by atoms with Crippen molar-refractivity contribution in [3.8, 4) is 11.8 Å². The zero-order chi connectivity index (χ0) is 24.6. The van der Waals surface area contributed by atoms with Crippen molar-refractivity contribution in [2.24, 2.45) is 0 Å². The van der Waals surface area contributed by atoms with Crippen molar-refractivity contribution in [1.29, 1.82) is 0 Å². The number of hydroxylamine groups is 2. The lowest BCUT2D eigenvalue weighted by Gasteiger charge is -2.31. The van der Waals surface area contributed by atoms with Crippen LogP contribution in [-0.2, 0) is 10.4 Å². The van der Waals surface area contributed by atoms with Crippen LogP contribution in [0.3, 0.4) is 0 Å². The number of imide groups is 1. The van der Waals surface area contributed by atoms with Gasteiger partial charge in [-0.25, -0.2) is 4.79 Å². The molecule has 0 radical (unpaired) electrons. The van der Waals surface area contributed by atoms with Gasteiger partial charge in [-0.2, -0.15) is 5.06 Å². The summed E-state index contributed by atoms with van der Waals surface area (Å²) in [6.07, 6.45) is 3.50. The van der Waals surface area contributed by atoms with E-state index in [-0.39, 0.29) is 17.8 Å². The smallest absolute Gasteiger partial charge is 0.274 e. The fourth-order valence-electron chi connectivity index (χ4n) is 5.07. The van der Waals surface area contributed by atoms with Crippen LogP contribution in [0, 0.1) is 11.8 Å². The fraction of sp³-hybridized carbons (Fsp3) is 0.321. The molecule has 0 saturated carbocycles. The van der Waals surface area contributed by atoms with Crippen molar-refractivity contribution in [3.63, 3.8) is 0 Å². The highest BCUT2D eigenvalue weighted by Gasteiger charge is 2.50. The highest BCUT2D eigenvalue weighted by molar-refractivity contribution is 6.21. The van der Waals surface area contributed by atoms with E-state index in [0.29, 0.717) is 36.9 Å². The molecule has 5 rings (SSSR count). The van der Waals surface area contributed by atoms with Gasteiger partial charge >= 0.3 is 6.03 Å². The van der Waals surface area contributed by atoms with Crippen molar-refractivity contribution < 1.29 is 19.2 Å². The molecule has 3 aromatic rings. The Hall–Kier alpha value is -3.89. The third kappa shape index (κ3) is 3.53. The Bertz CT molecular complexity index is 1360. The molecule has 0 bridgehead atoms. The number of nitrogens with zero attached hydrogens (tertiary/aromatic N) is 3. The van der Waals surface area contributed by atoms with E-state index in [4.69, 9.17) is 4.84 Å². The zero-order valence-electron chi connectivity index (χ0n) is 19.9. The van der Waals surface area contributed by atoms with Gasteiger partial charge in [-0.3, -0.25) is 23.9 Å². The number of carbonyl (C=O) groups excluding carboxylic acids is 3. The minimum atomic E-state index is -0.892. The summed E-state index contributed by atoms with van der Waals surface area (Å²) in [5, 5.41) is 2.38. The summed E-state index contributed by atoms with van der Waals surface area (Å²) in [6, 6.07) is 16.4. The SMILES string of the molecule is CCCCC1(C#CCCCN2C(=O)c3ccccc3C2=O)c2cc3ccccc3n2C(=O)N1OC. The Morgan fingerprint density at radius 1 is 0.943 bits per heavy atom. The van der Waals surface area contributed by atoms with Crippen LogP contribution in [0.2, 0.25) is 0 Å². The largest absolute Gasteiger partial charge is 0.354 e. The second kappa shape index (κ2) is 9.05. The van der Waals surface area contributed by atoms with Gasteiger partial charge in [0.1, 0.15) is 0 Å². The number of fused-ring (bicyclic) bond motifs is 4. The molecule has 2 aliphatic heterocycles. The lowest BCUT2D eigenvalue weighted by atomic mass is 9.89. The molecule has 0 saturated heterocycles. The van der Waals surface area contributed by atoms with Crippen LogP contribution in [0.15, 0.2) is 54.6 Å². The molecule has 0 N–H and O–H groups in total. The predicted octanol–water partition coefficient (Wildman–Crippen LogP) is 4.95. The first kappa shape index (κ1) is 22.9. The molecule has 1 aromatic heterocycles. The molecule has 0 aliphatic carbocycles. The Kier molecular flexibility index (Phi) is 5.91. The van der Waals surface area contributed by atoms with Gasteiger partial charge in [0.25, 0.3) is 11.8 Å². The molecular weight excluding hydrogens is 442 g/mol. The standard InChI is InChI=1S/C28H27N3O4/c1-3-4-16-28(24-19-20-12-6-9-15-23(20)30(24)27(34)31(28)35-2)17-10-5-11-18-29-25(32)21-13-7-8-14-22(21)26(29)33/h6-9,12-15,19H,3-5,11,16,18H2,1-2H3. The predicted molar refractivity (Wildman–Crippen MR) is 132 cm³/mol. The summed E-state index contributed by atoms with van der Waals surface area (Å²) in [5.74, 6) is 6.09. The average molecular weight is 470 g/mol. The Labute approximate surface area is 204 Å². The van der Waals surface area contributed by atoms with Crippen LogP contribution in [-0.4, -0.2) is 46.0 Å². The van der Waals surface area contributed by atoms with Crippen LogP contribution in [0.1, 0.15) is 65.4 Å². The van der Waals surface area contributed by atoms with E-state index in [1.165, 1.54) is 17.1 Å². The van der Waals surface area contributed by atoms with E-state index in [1.54, 1.807) is 28.8 Å². The van der Waals surface area contributed by atoms with E-state index in [1.807, 2.05) is 30.3 Å². The molecule has 3 heterocycles. The third-order valence-corrected chi connectivity index (χ3v) is 6.78. The Morgan fingerprint density at radius 3 is 2.31 bits per heavy atom. The van der Waals surface area contributed by atoms with Crippen molar-refractivity contribution in [1.82, 2.24) is 14.5 Å². The molecule has 0 spiro atoms. The first-order valence-corrected chi connectivity index (χ1v) is 12.0. The number of unbranched alkanes of at least 4 members (excludes halogenated alkanes) is 2. The van der Waals surface area contributed by atoms with Gasteiger partial charge in [0.15, 0.2) is 5.54 Å². The number of benzene rings is 2. The van der Waals surface area contributed by atoms with Gasteiger partial charge in [0.2, 0.25) is 0 Å². The Morgan fingerprint density at radius 2 is 1.63 bits per heavy atom. The summed E-state index contributed by atoms with van der Waals surface area (Å²) < 4.78 is 1.70. The lowest BCUT2D eigenvalue weighted by molar-refractivity contribution is -0.134. The first-order chi connectivity index (χ1) is 17.0. The van der Waals surface area contributed by atoms with Crippen molar-refractivity contribution >= 4 is 28.7 Å². The number of carbonyl (C=O) groups is 3. The molecule has 2 aromatic carbocycles. The maximum Gasteiger partial charge on any atom is 0.354 e. The molecule has 1 unspecified atom stereocenters. The Balaban J connectivity index is 1.39. The van der Waals surface area contributed by atoms with Gasteiger partial charge in [-0.1, -0.05) is 49.6 Å². The van der Waals surface area contributed by atoms with Gasteiger partial charge < -0.3 is 0 Å². The highest BCUT2D eigenvalue weighted by atomic mass is 16.7. The number of para-hydroxylation sites is 1. The second-order valence-corrected chi connectivity index (χ2v) is 8.86. The second-order valence-electron chi connectivity index (χ2n) is 8.86. The number of hydrogen-bond acceptors (Lipinski definition) is 4. The van der Waals surface area contributed by atoms with Gasteiger partial charge in [0, 0.05) is 18.4 Å². The minimum Gasteiger partial charge on any atom is -0.274 e. The van der Waals surface area contributed by atoms with Crippen LogP contribution in [0.25, 0.3) is 10.9 Å². The molecule has 7 nitrogen and oxygen atoms in total. The molecule has 7 heteroatoms.